The highest BCUT2D eigenvalue weighted by molar-refractivity contribution is 7.09. The van der Waals surface area contributed by atoms with Crippen molar-refractivity contribution < 1.29 is 9.53 Å². The zero-order chi connectivity index (χ0) is 16.9. The van der Waals surface area contributed by atoms with Crippen LogP contribution >= 0.6 is 11.3 Å². The van der Waals surface area contributed by atoms with E-state index in [-0.39, 0.29) is 5.91 Å². The summed E-state index contributed by atoms with van der Waals surface area (Å²) in [7, 11) is 0. The average molecular weight is 345 g/mol. The largest absolute Gasteiger partial charge is 0.493 e. The van der Waals surface area contributed by atoms with Crippen LogP contribution in [0.1, 0.15) is 28.0 Å². The lowest BCUT2D eigenvalue weighted by atomic mass is 10.1. The Kier molecular flexibility index (Phi) is 5.48. The monoisotopic (exact) mass is 345 g/mol. The minimum absolute atomic E-state index is 0.0585. The van der Waals surface area contributed by atoms with E-state index in [1.165, 1.54) is 0 Å². The summed E-state index contributed by atoms with van der Waals surface area (Å²) >= 11 is 1.69. The lowest BCUT2D eigenvalue weighted by Crippen LogP contribution is -2.48. The van der Waals surface area contributed by atoms with Gasteiger partial charge in [0, 0.05) is 38.1 Å². The number of benzene rings is 1. The highest BCUT2D eigenvalue weighted by atomic mass is 32.1. The summed E-state index contributed by atoms with van der Waals surface area (Å²) in [6.07, 6.45) is 0. The van der Waals surface area contributed by atoms with E-state index in [1.807, 2.05) is 43.0 Å². The maximum Gasteiger partial charge on any atom is 0.257 e. The number of piperazine rings is 1. The van der Waals surface area contributed by atoms with E-state index in [9.17, 15) is 4.79 Å². The SMILES string of the molecule is CCOc1ccccc1C(=O)N1CCN(Cc2csc(C)n2)CC1. The van der Waals surface area contributed by atoms with Gasteiger partial charge in [-0.05, 0) is 26.0 Å². The summed E-state index contributed by atoms with van der Waals surface area (Å²) in [4.78, 5) is 21.6. The minimum Gasteiger partial charge on any atom is -0.493 e. The molecule has 1 amide bonds. The van der Waals surface area contributed by atoms with E-state index in [2.05, 4.69) is 15.3 Å². The molecule has 0 spiro atoms. The second kappa shape index (κ2) is 7.77. The van der Waals surface area contributed by atoms with Crippen LogP contribution in [0.15, 0.2) is 29.6 Å². The Bertz CT molecular complexity index is 693. The molecule has 5 nitrogen and oxygen atoms in total. The number of carbonyl (C=O) groups excluding carboxylic acids is 1. The normalized spacial score (nSPS) is 15.5. The number of ether oxygens (including phenoxy) is 1. The second-order valence-electron chi connectivity index (χ2n) is 5.86. The predicted molar refractivity (Wildman–Crippen MR) is 95.6 cm³/mol. The molecule has 1 aromatic heterocycles. The topological polar surface area (TPSA) is 45.7 Å². The smallest absolute Gasteiger partial charge is 0.257 e. The van der Waals surface area contributed by atoms with E-state index in [0.717, 1.165) is 43.4 Å². The number of hydrogen-bond acceptors (Lipinski definition) is 5. The van der Waals surface area contributed by atoms with Gasteiger partial charge < -0.3 is 9.64 Å². The number of aromatic nitrogens is 1. The first-order valence-corrected chi connectivity index (χ1v) is 9.20. The highest BCUT2D eigenvalue weighted by Crippen LogP contribution is 2.21. The van der Waals surface area contributed by atoms with Gasteiger partial charge in [-0.2, -0.15) is 0 Å². The van der Waals surface area contributed by atoms with Crippen molar-refractivity contribution in [3.8, 4) is 5.75 Å². The molecule has 0 saturated carbocycles. The molecule has 6 heteroatoms. The molecule has 0 N–H and O–H groups in total. The second-order valence-corrected chi connectivity index (χ2v) is 6.92. The number of thiazole rings is 1. The fraction of sp³-hybridized carbons (Fsp3) is 0.444. The van der Waals surface area contributed by atoms with Crippen molar-refractivity contribution in [3.63, 3.8) is 0 Å². The van der Waals surface area contributed by atoms with Crippen molar-refractivity contribution in [2.75, 3.05) is 32.8 Å². The molecule has 1 saturated heterocycles. The van der Waals surface area contributed by atoms with Crippen LogP contribution in [-0.2, 0) is 6.54 Å². The number of rotatable bonds is 5. The number of para-hydroxylation sites is 1. The number of amides is 1. The third kappa shape index (κ3) is 3.94. The van der Waals surface area contributed by atoms with Crippen LogP contribution in [0.25, 0.3) is 0 Å². The molecule has 0 atom stereocenters. The number of carbonyl (C=O) groups is 1. The fourth-order valence-electron chi connectivity index (χ4n) is 2.91. The number of aryl methyl sites for hydroxylation is 1. The predicted octanol–water partition coefficient (Wildman–Crippen LogP) is 2.81. The molecule has 1 aliphatic rings. The van der Waals surface area contributed by atoms with Crippen LogP contribution in [-0.4, -0.2) is 53.5 Å². The van der Waals surface area contributed by atoms with Gasteiger partial charge in [-0.25, -0.2) is 4.98 Å². The Labute approximate surface area is 146 Å². The standard InChI is InChI=1S/C18H23N3O2S/c1-3-23-17-7-5-4-6-16(17)18(22)21-10-8-20(9-11-21)12-15-13-24-14(2)19-15/h4-7,13H,3,8-12H2,1-2H3. The van der Waals surface area contributed by atoms with Gasteiger partial charge >= 0.3 is 0 Å². The Morgan fingerprint density at radius 3 is 2.67 bits per heavy atom. The van der Waals surface area contributed by atoms with Crippen molar-refractivity contribution in [1.82, 2.24) is 14.8 Å². The Balaban J connectivity index is 1.59. The van der Waals surface area contributed by atoms with Crippen molar-refractivity contribution in [2.24, 2.45) is 0 Å². The summed E-state index contributed by atoms with van der Waals surface area (Å²) in [5.41, 5.74) is 1.78. The molecular weight excluding hydrogens is 322 g/mol. The third-order valence-electron chi connectivity index (χ3n) is 4.13. The molecule has 3 rings (SSSR count). The van der Waals surface area contributed by atoms with Gasteiger partial charge in [0.25, 0.3) is 5.91 Å². The summed E-state index contributed by atoms with van der Waals surface area (Å²) in [5, 5.41) is 3.22. The van der Waals surface area contributed by atoms with Gasteiger partial charge in [0.2, 0.25) is 0 Å². The molecule has 2 aromatic rings. The zero-order valence-electron chi connectivity index (χ0n) is 14.2. The van der Waals surface area contributed by atoms with Crippen molar-refractivity contribution in [3.05, 3.63) is 45.9 Å². The summed E-state index contributed by atoms with van der Waals surface area (Å²) < 4.78 is 5.59. The first-order chi connectivity index (χ1) is 11.7. The summed E-state index contributed by atoms with van der Waals surface area (Å²) in [6.45, 7) is 8.61. The van der Waals surface area contributed by atoms with Crippen LogP contribution in [0, 0.1) is 6.92 Å². The van der Waals surface area contributed by atoms with Gasteiger partial charge in [0.1, 0.15) is 5.75 Å². The van der Waals surface area contributed by atoms with Crippen LogP contribution < -0.4 is 4.74 Å². The van der Waals surface area contributed by atoms with Crippen LogP contribution in [0.3, 0.4) is 0 Å². The minimum atomic E-state index is 0.0585. The van der Waals surface area contributed by atoms with E-state index < -0.39 is 0 Å². The summed E-state index contributed by atoms with van der Waals surface area (Å²) in [6, 6.07) is 7.49. The quantitative estimate of drug-likeness (QED) is 0.836. The molecule has 1 aliphatic heterocycles. The van der Waals surface area contributed by atoms with Crippen molar-refractivity contribution >= 4 is 17.2 Å². The molecule has 2 heterocycles. The highest BCUT2D eigenvalue weighted by Gasteiger charge is 2.24. The van der Waals surface area contributed by atoms with Gasteiger partial charge in [-0.3, -0.25) is 9.69 Å². The van der Waals surface area contributed by atoms with Gasteiger partial charge in [0.15, 0.2) is 0 Å². The lowest BCUT2D eigenvalue weighted by molar-refractivity contribution is 0.0623. The van der Waals surface area contributed by atoms with Crippen LogP contribution in [0.4, 0.5) is 0 Å². The van der Waals surface area contributed by atoms with E-state index in [4.69, 9.17) is 4.74 Å². The molecule has 0 bridgehead atoms. The van der Waals surface area contributed by atoms with Gasteiger partial charge in [0.05, 0.1) is 22.9 Å². The lowest BCUT2D eigenvalue weighted by Gasteiger charge is -2.34. The molecule has 1 fully saturated rings. The number of hydrogen-bond donors (Lipinski definition) is 0. The van der Waals surface area contributed by atoms with E-state index in [0.29, 0.717) is 17.9 Å². The Morgan fingerprint density at radius 2 is 2.00 bits per heavy atom. The van der Waals surface area contributed by atoms with Gasteiger partial charge in [-0.1, -0.05) is 12.1 Å². The van der Waals surface area contributed by atoms with E-state index in [1.54, 1.807) is 11.3 Å². The van der Waals surface area contributed by atoms with Crippen LogP contribution in [0.5, 0.6) is 5.75 Å². The maximum absolute atomic E-state index is 12.8. The summed E-state index contributed by atoms with van der Waals surface area (Å²) in [5.74, 6) is 0.730. The third-order valence-corrected chi connectivity index (χ3v) is 4.95. The fourth-order valence-corrected chi connectivity index (χ4v) is 3.52. The Morgan fingerprint density at radius 1 is 1.25 bits per heavy atom. The average Bonchev–Trinajstić information content (AvgIpc) is 3.01. The molecule has 24 heavy (non-hydrogen) atoms. The molecule has 0 radical (unpaired) electrons. The first kappa shape index (κ1) is 16.9. The van der Waals surface area contributed by atoms with E-state index >= 15 is 0 Å². The molecule has 128 valence electrons. The maximum atomic E-state index is 12.8. The van der Waals surface area contributed by atoms with Crippen molar-refractivity contribution in [1.29, 1.82) is 0 Å². The molecular formula is C18H23N3O2S. The first-order valence-electron chi connectivity index (χ1n) is 8.32. The molecule has 1 aromatic carbocycles. The molecule has 0 unspecified atom stereocenters. The Hall–Kier alpha value is -1.92. The van der Waals surface area contributed by atoms with Crippen molar-refractivity contribution in [2.45, 2.75) is 20.4 Å². The molecule has 0 aliphatic carbocycles. The zero-order valence-corrected chi connectivity index (χ0v) is 15.0. The van der Waals surface area contributed by atoms with Gasteiger partial charge in [-0.15, -0.1) is 11.3 Å². The number of nitrogens with zero attached hydrogens (tertiary/aromatic N) is 3. The van der Waals surface area contributed by atoms with Crippen LogP contribution in [0.2, 0.25) is 0 Å².